The Morgan fingerprint density at radius 2 is 2.29 bits per heavy atom. The van der Waals surface area contributed by atoms with Crippen LogP contribution in [0.3, 0.4) is 0 Å². The van der Waals surface area contributed by atoms with Crippen molar-refractivity contribution in [1.29, 1.82) is 0 Å². The van der Waals surface area contributed by atoms with Crippen molar-refractivity contribution in [2.45, 2.75) is 31.3 Å². The Bertz CT molecular complexity index is 413. The van der Waals surface area contributed by atoms with E-state index in [0.29, 0.717) is 18.7 Å². The molecule has 0 radical (unpaired) electrons. The summed E-state index contributed by atoms with van der Waals surface area (Å²) in [5.74, 6) is -0.670. The summed E-state index contributed by atoms with van der Waals surface area (Å²) >= 11 is 0. The van der Waals surface area contributed by atoms with Crippen molar-refractivity contribution >= 4 is 12.0 Å². The summed E-state index contributed by atoms with van der Waals surface area (Å²) < 4.78 is 4.49. The standard InChI is InChI=1S/C9H12N4O4/c14-7(15)9(2-1-3-9)12-8(16)10-4-6-11-5-17-13-6/h5H,1-4H2,(H,14,15)(H2,10,12,16). The second-order valence-corrected chi connectivity index (χ2v) is 3.90. The molecule has 0 atom stereocenters. The number of carboxylic acids is 1. The molecule has 1 fully saturated rings. The lowest BCUT2D eigenvalue weighted by atomic mass is 9.77. The van der Waals surface area contributed by atoms with Gasteiger partial charge in [-0.2, -0.15) is 4.98 Å². The van der Waals surface area contributed by atoms with E-state index in [1.54, 1.807) is 0 Å². The third-order valence-corrected chi connectivity index (χ3v) is 2.78. The van der Waals surface area contributed by atoms with Gasteiger partial charge in [-0.15, -0.1) is 0 Å². The molecule has 0 aliphatic heterocycles. The van der Waals surface area contributed by atoms with Crippen LogP contribution in [0.5, 0.6) is 0 Å². The molecule has 8 nitrogen and oxygen atoms in total. The van der Waals surface area contributed by atoms with Gasteiger partial charge in [0.2, 0.25) is 6.39 Å². The first kappa shape index (κ1) is 11.4. The van der Waals surface area contributed by atoms with Gasteiger partial charge in [0, 0.05) is 0 Å². The van der Waals surface area contributed by atoms with Gasteiger partial charge >= 0.3 is 12.0 Å². The fraction of sp³-hybridized carbons (Fsp3) is 0.556. The van der Waals surface area contributed by atoms with E-state index >= 15 is 0 Å². The zero-order valence-electron chi connectivity index (χ0n) is 8.97. The summed E-state index contributed by atoms with van der Waals surface area (Å²) in [6, 6.07) is -0.545. The van der Waals surface area contributed by atoms with E-state index in [-0.39, 0.29) is 6.54 Å². The Balaban J connectivity index is 1.83. The maximum Gasteiger partial charge on any atom is 0.329 e. The number of carboxylic acid groups (broad SMARTS) is 1. The summed E-state index contributed by atoms with van der Waals surface area (Å²) in [5, 5.41) is 17.4. The molecule has 8 heteroatoms. The van der Waals surface area contributed by atoms with Crippen LogP contribution >= 0.6 is 0 Å². The molecule has 3 N–H and O–H groups in total. The molecule has 92 valence electrons. The summed E-state index contributed by atoms with van der Waals surface area (Å²) in [7, 11) is 0. The molecule has 1 aliphatic rings. The monoisotopic (exact) mass is 240 g/mol. The number of hydrogen-bond donors (Lipinski definition) is 3. The van der Waals surface area contributed by atoms with Crippen molar-refractivity contribution in [3.8, 4) is 0 Å². The average Bonchev–Trinajstić information content (AvgIpc) is 2.72. The second-order valence-electron chi connectivity index (χ2n) is 3.90. The lowest BCUT2D eigenvalue weighted by molar-refractivity contribution is -0.148. The Morgan fingerprint density at radius 3 is 2.76 bits per heavy atom. The maximum absolute atomic E-state index is 11.5. The maximum atomic E-state index is 11.5. The normalized spacial score (nSPS) is 16.9. The number of amides is 2. The Kier molecular flexibility index (Phi) is 2.94. The molecule has 0 unspecified atom stereocenters. The van der Waals surface area contributed by atoms with Gasteiger partial charge in [0.05, 0.1) is 6.54 Å². The molecule has 0 bridgehead atoms. The number of urea groups is 1. The SMILES string of the molecule is O=C(NCc1ncon1)NC1(C(=O)O)CCC1. The number of nitrogens with zero attached hydrogens (tertiary/aromatic N) is 2. The van der Waals surface area contributed by atoms with Gasteiger partial charge in [-0.3, -0.25) is 0 Å². The summed E-state index contributed by atoms with van der Waals surface area (Å²) in [5.41, 5.74) is -1.11. The Morgan fingerprint density at radius 1 is 1.53 bits per heavy atom. The molecular formula is C9H12N4O4. The number of carbonyl (C=O) groups is 2. The van der Waals surface area contributed by atoms with Crippen LogP contribution in [-0.2, 0) is 11.3 Å². The van der Waals surface area contributed by atoms with Gasteiger partial charge in [-0.25, -0.2) is 9.59 Å². The third-order valence-electron chi connectivity index (χ3n) is 2.78. The highest BCUT2D eigenvalue weighted by atomic mass is 16.5. The molecule has 0 spiro atoms. The van der Waals surface area contributed by atoms with Gasteiger partial charge in [-0.05, 0) is 19.3 Å². The van der Waals surface area contributed by atoms with E-state index in [0.717, 1.165) is 12.8 Å². The summed E-state index contributed by atoms with van der Waals surface area (Å²) in [6.45, 7) is 0.0953. The number of aliphatic carboxylic acids is 1. The molecule has 1 heterocycles. The average molecular weight is 240 g/mol. The smallest absolute Gasteiger partial charge is 0.329 e. The highest BCUT2D eigenvalue weighted by Gasteiger charge is 2.45. The molecular weight excluding hydrogens is 228 g/mol. The molecule has 1 aliphatic carbocycles. The minimum atomic E-state index is -1.11. The largest absolute Gasteiger partial charge is 0.480 e. The van der Waals surface area contributed by atoms with Crippen LogP contribution in [0.1, 0.15) is 25.1 Å². The first-order chi connectivity index (χ1) is 8.12. The predicted molar refractivity (Wildman–Crippen MR) is 53.9 cm³/mol. The predicted octanol–water partition coefficient (Wildman–Crippen LogP) is -0.124. The van der Waals surface area contributed by atoms with Crippen molar-refractivity contribution in [1.82, 2.24) is 20.8 Å². The number of carbonyl (C=O) groups excluding carboxylic acids is 1. The first-order valence-corrected chi connectivity index (χ1v) is 5.17. The minimum Gasteiger partial charge on any atom is -0.480 e. The van der Waals surface area contributed by atoms with Gasteiger partial charge in [-0.1, -0.05) is 5.16 Å². The van der Waals surface area contributed by atoms with Gasteiger partial charge in [0.25, 0.3) is 0 Å². The van der Waals surface area contributed by atoms with Crippen LogP contribution in [-0.4, -0.2) is 32.8 Å². The van der Waals surface area contributed by atoms with Crippen LogP contribution in [0.4, 0.5) is 4.79 Å². The molecule has 1 aromatic rings. The highest BCUT2D eigenvalue weighted by molar-refractivity contribution is 5.87. The zero-order chi connectivity index (χ0) is 12.3. The van der Waals surface area contributed by atoms with E-state index < -0.39 is 17.5 Å². The van der Waals surface area contributed by atoms with Crippen molar-refractivity contribution in [2.75, 3.05) is 0 Å². The second kappa shape index (κ2) is 4.40. The highest BCUT2D eigenvalue weighted by Crippen LogP contribution is 2.31. The lowest BCUT2D eigenvalue weighted by Gasteiger charge is -2.38. The van der Waals surface area contributed by atoms with E-state index in [2.05, 4.69) is 25.3 Å². The molecule has 1 aromatic heterocycles. The number of nitrogens with one attached hydrogen (secondary N) is 2. The summed E-state index contributed by atoms with van der Waals surface area (Å²) in [6.07, 6.45) is 2.87. The fourth-order valence-electron chi connectivity index (χ4n) is 1.61. The quantitative estimate of drug-likeness (QED) is 0.675. The fourth-order valence-corrected chi connectivity index (χ4v) is 1.61. The summed E-state index contributed by atoms with van der Waals surface area (Å²) in [4.78, 5) is 26.2. The van der Waals surface area contributed by atoms with Crippen molar-refractivity contribution < 1.29 is 19.2 Å². The van der Waals surface area contributed by atoms with E-state index in [1.807, 2.05) is 0 Å². The first-order valence-electron chi connectivity index (χ1n) is 5.17. The van der Waals surface area contributed by atoms with Gasteiger partial charge in [0.15, 0.2) is 5.82 Å². The van der Waals surface area contributed by atoms with E-state index in [4.69, 9.17) is 5.11 Å². The molecule has 2 amide bonds. The number of aromatic nitrogens is 2. The molecule has 0 saturated heterocycles. The topological polar surface area (TPSA) is 117 Å². The van der Waals surface area contributed by atoms with Crippen LogP contribution in [0.25, 0.3) is 0 Å². The Hall–Kier alpha value is -2.12. The van der Waals surface area contributed by atoms with E-state index in [1.165, 1.54) is 0 Å². The third kappa shape index (κ3) is 2.35. The van der Waals surface area contributed by atoms with Crippen molar-refractivity contribution in [3.63, 3.8) is 0 Å². The minimum absolute atomic E-state index is 0.0953. The van der Waals surface area contributed by atoms with Crippen molar-refractivity contribution in [3.05, 3.63) is 12.2 Å². The molecule has 1 saturated carbocycles. The van der Waals surface area contributed by atoms with Gasteiger partial charge < -0.3 is 20.3 Å². The van der Waals surface area contributed by atoms with Crippen LogP contribution < -0.4 is 10.6 Å². The van der Waals surface area contributed by atoms with Crippen LogP contribution in [0.15, 0.2) is 10.9 Å². The molecule has 17 heavy (non-hydrogen) atoms. The van der Waals surface area contributed by atoms with Crippen molar-refractivity contribution in [2.24, 2.45) is 0 Å². The van der Waals surface area contributed by atoms with Crippen LogP contribution in [0.2, 0.25) is 0 Å². The number of hydrogen-bond acceptors (Lipinski definition) is 5. The van der Waals surface area contributed by atoms with E-state index in [9.17, 15) is 9.59 Å². The van der Waals surface area contributed by atoms with Crippen LogP contribution in [0, 0.1) is 0 Å². The zero-order valence-corrected chi connectivity index (χ0v) is 8.97. The molecule has 0 aromatic carbocycles. The Labute approximate surface area is 96.4 Å². The number of rotatable bonds is 4. The lowest BCUT2D eigenvalue weighted by Crippen LogP contribution is -2.61. The van der Waals surface area contributed by atoms with Gasteiger partial charge in [0.1, 0.15) is 5.54 Å². The molecule has 2 rings (SSSR count).